The van der Waals surface area contributed by atoms with E-state index in [4.69, 9.17) is 5.73 Å². The molecule has 1 rings (SSSR count). The number of rotatable bonds is 5. The fraction of sp³-hybridized carbons (Fsp3) is 0.500. The van der Waals surface area contributed by atoms with Gasteiger partial charge in [-0.25, -0.2) is 4.98 Å². The van der Waals surface area contributed by atoms with Crippen molar-refractivity contribution >= 4 is 17.4 Å². The minimum atomic E-state index is 0.725. The number of pyridine rings is 1. The van der Waals surface area contributed by atoms with E-state index in [2.05, 4.69) is 24.0 Å². The second-order valence-corrected chi connectivity index (χ2v) is 4.55. The summed E-state index contributed by atoms with van der Waals surface area (Å²) in [5, 5.41) is 1.05. The van der Waals surface area contributed by atoms with Gasteiger partial charge in [0, 0.05) is 5.75 Å². The molecule has 0 aromatic carbocycles. The van der Waals surface area contributed by atoms with Crippen LogP contribution in [0.3, 0.4) is 0 Å². The highest BCUT2D eigenvalue weighted by Crippen LogP contribution is 2.16. The van der Waals surface area contributed by atoms with E-state index in [1.807, 2.05) is 12.1 Å². The molecule has 0 saturated carbocycles. The molecule has 0 aliphatic heterocycles. The summed E-state index contributed by atoms with van der Waals surface area (Å²) in [4.78, 5) is 6.41. The van der Waals surface area contributed by atoms with Gasteiger partial charge in [0.05, 0.1) is 16.9 Å². The molecule has 0 atom stereocenters. The maximum atomic E-state index is 5.54. The minimum absolute atomic E-state index is 0.725. The Bertz CT molecular complexity index is 259. The lowest BCUT2D eigenvalue weighted by molar-refractivity contribution is 0.410. The van der Waals surface area contributed by atoms with Crippen molar-refractivity contribution in [2.24, 2.45) is 0 Å². The average molecular weight is 211 g/mol. The van der Waals surface area contributed by atoms with Crippen LogP contribution in [0.5, 0.6) is 0 Å². The fourth-order valence-corrected chi connectivity index (χ4v) is 1.81. The Hall–Kier alpha value is -0.740. The fourth-order valence-electron chi connectivity index (χ4n) is 1.03. The molecule has 0 saturated heterocycles. The molecule has 0 spiro atoms. The van der Waals surface area contributed by atoms with Crippen molar-refractivity contribution in [3.05, 3.63) is 18.3 Å². The van der Waals surface area contributed by atoms with Crippen LogP contribution in [0.25, 0.3) is 0 Å². The third-order valence-corrected chi connectivity index (χ3v) is 2.79. The lowest BCUT2D eigenvalue weighted by Crippen LogP contribution is -2.13. The van der Waals surface area contributed by atoms with Gasteiger partial charge in [-0.1, -0.05) is 0 Å². The Balaban J connectivity index is 2.21. The van der Waals surface area contributed by atoms with Crippen LogP contribution in [0.1, 0.15) is 6.42 Å². The van der Waals surface area contributed by atoms with E-state index in [9.17, 15) is 0 Å². The van der Waals surface area contributed by atoms with E-state index in [-0.39, 0.29) is 0 Å². The Morgan fingerprint density at radius 3 is 2.79 bits per heavy atom. The van der Waals surface area contributed by atoms with Gasteiger partial charge in [-0.15, -0.1) is 11.8 Å². The largest absolute Gasteiger partial charge is 0.397 e. The number of anilines is 1. The molecule has 0 aliphatic rings. The Morgan fingerprint density at radius 1 is 1.43 bits per heavy atom. The first-order valence-electron chi connectivity index (χ1n) is 4.67. The van der Waals surface area contributed by atoms with Crippen LogP contribution in [0, 0.1) is 0 Å². The van der Waals surface area contributed by atoms with E-state index >= 15 is 0 Å². The normalized spacial score (nSPS) is 10.8. The van der Waals surface area contributed by atoms with E-state index in [0.717, 1.165) is 23.0 Å². The number of thioether (sulfide) groups is 1. The van der Waals surface area contributed by atoms with Crippen molar-refractivity contribution in [2.75, 3.05) is 32.1 Å². The molecular weight excluding hydrogens is 194 g/mol. The number of hydrogen-bond acceptors (Lipinski definition) is 4. The molecule has 0 radical (unpaired) electrons. The Labute approximate surface area is 89.7 Å². The first-order valence-corrected chi connectivity index (χ1v) is 5.66. The number of nitrogens with two attached hydrogens (primary N) is 1. The van der Waals surface area contributed by atoms with Crippen LogP contribution in [0.2, 0.25) is 0 Å². The second-order valence-electron chi connectivity index (χ2n) is 3.44. The standard InChI is InChI=1S/C10H17N3S/c1-13(2)6-3-7-14-10-5-4-9(11)8-12-10/h4-5,8H,3,6-7,11H2,1-2H3. The molecule has 78 valence electrons. The van der Waals surface area contributed by atoms with Crippen molar-refractivity contribution in [1.29, 1.82) is 0 Å². The number of nitrogen functional groups attached to an aromatic ring is 1. The third kappa shape index (κ3) is 4.48. The lowest BCUT2D eigenvalue weighted by atomic mass is 10.4. The van der Waals surface area contributed by atoms with Gasteiger partial charge in [-0.3, -0.25) is 0 Å². The van der Waals surface area contributed by atoms with Crippen molar-refractivity contribution in [1.82, 2.24) is 9.88 Å². The smallest absolute Gasteiger partial charge is 0.0961 e. The van der Waals surface area contributed by atoms with E-state index in [1.54, 1.807) is 18.0 Å². The summed E-state index contributed by atoms with van der Waals surface area (Å²) in [7, 11) is 4.18. The van der Waals surface area contributed by atoms with Crippen LogP contribution < -0.4 is 5.73 Å². The van der Waals surface area contributed by atoms with Gasteiger partial charge in [0.2, 0.25) is 0 Å². The molecule has 0 bridgehead atoms. The first-order chi connectivity index (χ1) is 6.68. The number of hydrogen-bond donors (Lipinski definition) is 1. The average Bonchev–Trinajstić information content (AvgIpc) is 2.15. The molecule has 1 aromatic rings. The Morgan fingerprint density at radius 2 is 2.21 bits per heavy atom. The molecule has 0 aliphatic carbocycles. The molecule has 0 fully saturated rings. The van der Waals surface area contributed by atoms with Crippen LogP contribution in [0.15, 0.2) is 23.4 Å². The molecule has 4 heteroatoms. The molecule has 1 heterocycles. The van der Waals surface area contributed by atoms with E-state index in [1.165, 1.54) is 6.42 Å². The predicted octanol–water partition coefficient (Wildman–Crippen LogP) is 1.71. The summed E-state index contributed by atoms with van der Waals surface area (Å²) in [5.74, 6) is 1.11. The van der Waals surface area contributed by atoms with Gasteiger partial charge in [0.15, 0.2) is 0 Å². The van der Waals surface area contributed by atoms with Crippen molar-refractivity contribution in [3.8, 4) is 0 Å². The highest BCUT2D eigenvalue weighted by atomic mass is 32.2. The molecule has 3 nitrogen and oxygen atoms in total. The third-order valence-electron chi connectivity index (χ3n) is 1.76. The molecule has 0 amide bonds. The van der Waals surface area contributed by atoms with Crippen molar-refractivity contribution in [2.45, 2.75) is 11.4 Å². The van der Waals surface area contributed by atoms with Crippen molar-refractivity contribution in [3.63, 3.8) is 0 Å². The van der Waals surface area contributed by atoms with Gasteiger partial charge in [-0.05, 0) is 39.2 Å². The predicted molar refractivity (Wildman–Crippen MR) is 62.5 cm³/mol. The van der Waals surface area contributed by atoms with E-state index in [0.29, 0.717) is 0 Å². The summed E-state index contributed by atoms with van der Waals surface area (Å²) < 4.78 is 0. The zero-order chi connectivity index (χ0) is 10.4. The summed E-state index contributed by atoms with van der Waals surface area (Å²) >= 11 is 1.78. The Kier molecular flexibility index (Phi) is 4.76. The monoisotopic (exact) mass is 211 g/mol. The zero-order valence-corrected chi connectivity index (χ0v) is 9.55. The molecule has 0 unspecified atom stereocenters. The highest BCUT2D eigenvalue weighted by molar-refractivity contribution is 7.99. The molecule has 14 heavy (non-hydrogen) atoms. The quantitative estimate of drug-likeness (QED) is 0.594. The second kappa shape index (κ2) is 5.88. The topological polar surface area (TPSA) is 42.1 Å². The van der Waals surface area contributed by atoms with Crippen LogP contribution >= 0.6 is 11.8 Å². The van der Waals surface area contributed by atoms with Gasteiger partial charge in [-0.2, -0.15) is 0 Å². The minimum Gasteiger partial charge on any atom is -0.397 e. The molecule has 2 N–H and O–H groups in total. The summed E-state index contributed by atoms with van der Waals surface area (Å²) in [6, 6.07) is 3.86. The lowest BCUT2D eigenvalue weighted by Gasteiger charge is -2.08. The van der Waals surface area contributed by atoms with Crippen molar-refractivity contribution < 1.29 is 0 Å². The SMILES string of the molecule is CN(C)CCCSc1ccc(N)cn1. The van der Waals surface area contributed by atoms with Gasteiger partial charge >= 0.3 is 0 Å². The summed E-state index contributed by atoms with van der Waals surface area (Å²) in [5.41, 5.74) is 6.27. The highest BCUT2D eigenvalue weighted by Gasteiger charge is 1.96. The zero-order valence-electron chi connectivity index (χ0n) is 8.73. The van der Waals surface area contributed by atoms with Gasteiger partial charge in [0.1, 0.15) is 0 Å². The van der Waals surface area contributed by atoms with Crippen LogP contribution in [-0.2, 0) is 0 Å². The van der Waals surface area contributed by atoms with Gasteiger partial charge in [0.25, 0.3) is 0 Å². The summed E-state index contributed by atoms with van der Waals surface area (Å²) in [6.45, 7) is 1.13. The molecular formula is C10H17N3S. The first kappa shape index (κ1) is 11.3. The van der Waals surface area contributed by atoms with Gasteiger partial charge < -0.3 is 10.6 Å². The van der Waals surface area contributed by atoms with E-state index < -0.39 is 0 Å². The van der Waals surface area contributed by atoms with Crippen LogP contribution in [0.4, 0.5) is 5.69 Å². The molecule has 1 aromatic heterocycles. The van der Waals surface area contributed by atoms with Crippen LogP contribution in [-0.4, -0.2) is 36.3 Å². The summed E-state index contributed by atoms with van der Waals surface area (Å²) in [6.07, 6.45) is 2.89. The maximum absolute atomic E-state index is 5.54. The number of nitrogens with zero attached hydrogens (tertiary/aromatic N) is 2. The maximum Gasteiger partial charge on any atom is 0.0961 e. The number of aromatic nitrogens is 1.